The number of hydrogen-bond donors (Lipinski definition) is 1. The monoisotopic (exact) mass is 455 g/mol. The average Bonchev–Trinajstić information content (AvgIpc) is 3.40. The summed E-state index contributed by atoms with van der Waals surface area (Å²) in [4.78, 5) is 15.4. The Kier molecular flexibility index (Phi) is 6.12. The quantitative estimate of drug-likeness (QED) is 0.325. The number of nitrogens with one attached hydrogen (secondary N) is 1. The maximum Gasteiger partial charge on any atom is 0.273 e. The lowest BCUT2D eigenvalue weighted by Gasteiger charge is -2.27. The number of rotatable bonds is 8. The van der Waals surface area contributed by atoms with Crippen LogP contribution in [-0.4, -0.2) is 27.6 Å². The van der Waals surface area contributed by atoms with Crippen LogP contribution in [-0.2, 0) is 6.54 Å². The highest BCUT2D eigenvalue weighted by atomic mass is 19.1. The number of amides is 1. The van der Waals surface area contributed by atoms with Crippen molar-refractivity contribution in [2.24, 2.45) is 0 Å². The van der Waals surface area contributed by atoms with Crippen LogP contribution in [0.5, 0.6) is 5.75 Å². The van der Waals surface area contributed by atoms with Gasteiger partial charge < -0.3 is 9.64 Å². The maximum atomic E-state index is 13.5. The van der Waals surface area contributed by atoms with E-state index in [-0.39, 0.29) is 17.8 Å². The molecule has 2 heterocycles. The third-order valence-corrected chi connectivity index (χ3v) is 6.12. The van der Waals surface area contributed by atoms with E-state index in [4.69, 9.17) is 4.74 Å². The van der Waals surface area contributed by atoms with Crippen LogP contribution in [0.2, 0.25) is 0 Å². The van der Waals surface area contributed by atoms with Crippen LogP contribution in [0.1, 0.15) is 53.0 Å². The normalized spacial score (nSPS) is 14.9. The standard InChI is InChI=1S/C28H26FN3O2/c1-2-3-16-34-23-11-7-10-21(17-23)27-24-25(20-8-5-4-6-9-20)30-31-26(24)28(33)32(27)18-19-12-14-22(29)15-13-19/h4-15,17,27H,2-3,16,18H2,1H3,(H,30,31). The minimum absolute atomic E-state index is 0.128. The molecule has 0 aliphatic carbocycles. The number of halogens is 1. The minimum atomic E-state index is -0.351. The summed E-state index contributed by atoms with van der Waals surface area (Å²) in [5, 5.41) is 7.50. The fourth-order valence-corrected chi connectivity index (χ4v) is 4.42. The molecular weight excluding hydrogens is 429 g/mol. The number of ether oxygens (including phenoxy) is 1. The first-order valence-corrected chi connectivity index (χ1v) is 11.6. The number of aromatic amines is 1. The van der Waals surface area contributed by atoms with Crippen LogP contribution >= 0.6 is 0 Å². The molecule has 0 spiro atoms. The number of unbranched alkanes of at least 4 members (excludes halogenated alkanes) is 1. The summed E-state index contributed by atoms with van der Waals surface area (Å²) < 4.78 is 19.4. The first-order valence-electron chi connectivity index (χ1n) is 11.6. The molecule has 1 aromatic heterocycles. The molecule has 1 atom stereocenters. The van der Waals surface area contributed by atoms with E-state index >= 15 is 0 Å². The van der Waals surface area contributed by atoms with Gasteiger partial charge in [-0.15, -0.1) is 0 Å². The van der Waals surface area contributed by atoms with Crippen LogP contribution in [0.25, 0.3) is 11.3 Å². The lowest BCUT2D eigenvalue weighted by molar-refractivity contribution is 0.0729. The summed E-state index contributed by atoms with van der Waals surface area (Å²) in [6, 6.07) is 23.7. The van der Waals surface area contributed by atoms with Crippen molar-refractivity contribution in [1.29, 1.82) is 0 Å². The van der Waals surface area contributed by atoms with E-state index in [9.17, 15) is 9.18 Å². The van der Waals surface area contributed by atoms with Crippen LogP contribution in [0.4, 0.5) is 4.39 Å². The number of benzene rings is 3. The van der Waals surface area contributed by atoms with E-state index in [1.54, 1.807) is 12.1 Å². The van der Waals surface area contributed by atoms with E-state index in [2.05, 4.69) is 17.1 Å². The Bertz CT molecular complexity index is 1280. The van der Waals surface area contributed by atoms with Gasteiger partial charge in [0, 0.05) is 17.7 Å². The maximum absolute atomic E-state index is 13.5. The molecule has 1 aliphatic rings. The Hall–Kier alpha value is -3.93. The molecule has 6 heteroatoms. The fourth-order valence-electron chi connectivity index (χ4n) is 4.42. The topological polar surface area (TPSA) is 58.2 Å². The number of nitrogens with zero attached hydrogens (tertiary/aromatic N) is 2. The second-order valence-electron chi connectivity index (χ2n) is 8.46. The molecule has 34 heavy (non-hydrogen) atoms. The highest BCUT2D eigenvalue weighted by molar-refractivity contribution is 6.00. The number of carbonyl (C=O) groups is 1. The van der Waals surface area contributed by atoms with Crippen molar-refractivity contribution < 1.29 is 13.9 Å². The summed E-state index contributed by atoms with van der Waals surface area (Å²) >= 11 is 0. The van der Waals surface area contributed by atoms with Crippen molar-refractivity contribution in [1.82, 2.24) is 15.1 Å². The molecule has 3 aromatic carbocycles. The van der Waals surface area contributed by atoms with Gasteiger partial charge in [0.05, 0.1) is 18.3 Å². The van der Waals surface area contributed by atoms with E-state index in [0.717, 1.165) is 46.5 Å². The van der Waals surface area contributed by atoms with Gasteiger partial charge in [0.25, 0.3) is 5.91 Å². The molecule has 5 rings (SSSR count). The lowest BCUT2D eigenvalue weighted by atomic mass is 9.95. The number of hydrogen-bond acceptors (Lipinski definition) is 3. The van der Waals surface area contributed by atoms with Gasteiger partial charge in [-0.05, 0) is 41.8 Å². The molecule has 0 saturated carbocycles. The molecule has 1 N–H and O–H groups in total. The molecule has 0 radical (unpaired) electrons. The largest absolute Gasteiger partial charge is 0.494 e. The molecule has 1 amide bonds. The van der Waals surface area contributed by atoms with Crippen molar-refractivity contribution in [2.75, 3.05) is 6.61 Å². The molecule has 4 aromatic rings. The first kappa shape index (κ1) is 21.9. The zero-order valence-corrected chi connectivity index (χ0v) is 19.0. The van der Waals surface area contributed by atoms with Gasteiger partial charge in [-0.2, -0.15) is 5.10 Å². The van der Waals surface area contributed by atoms with Crippen LogP contribution < -0.4 is 4.74 Å². The number of aromatic nitrogens is 2. The van der Waals surface area contributed by atoms with Gasteiger partial charge in [0.1, 0.15) is 17.3 Å². The van der Waals surface area contributed by atoms with E-state index in [1.165, 1.54) is 12.1 Å². The smallest absolute Gasteiger partial charge is 0.273 e. The third-order valence-electron chi connectivity index (χ3n) is 6.12. The van der Waals surface area contributed by atoms with Crippen molar-refractivity contribution >= 4 is 5.91 Å². The zero-order valence-electron chi connectivity index (χ0n) is 19.0. The predicted octanol–water partition coefficient (Wildman–Crippen LogP) is 6.14. The van der Waals surface area contributed by atoms with E-state index in [1.807, 2.05) is 59.5 Å². The van der Waals surface area contributed by atoms with E-state index < -0.39 is 0 Å². The number of carbonyl (C=O) groups excluding carboxylic acids is 1. The summed E-state index contributed by atoms with van der Waals surface area (Å²) in [6.07, 6.45) is 2.04. The van der Waals surface area contributed by atoms with Crippen LogP contribution in [0, 0.1) is 5.82 Å². The molecule has 5 nitrogen and oxygen atoms in total. The Morgan fingerprint density at radius 2 is 1.82 bits per heavy atom. The fraction of sp³-hybridized carbons (Fsp3) is 0.214. The SMILES string of the molecule is CCCCOc1cccc(C2c3c(-c4ccccc4)n[nH]c3C(=O)N2Cc2ccc(F)cc2)c1. The molecular formula is C28H26FN3O2. The van der Waals surface area contributed by atoms with Crippen molar-refractivity contribution in [3.63, 3.8) is 0 Å². The molecule has 0 saturated heterocycles. The second-order valence-corrected chi connectivity index (χ2v) is 8.46. The predicted molar refractivity (Wildman–Crippen MR) is 129 cm³/mol. The van der Waals surface area contributed by atoms with E-state index in [0.29, 0.717) is 18.8 Å². The van der Waals surface area contributed by atoms with Crippen molar-refractivity contribution in [3.8, 4) is 17.0 Å². The lowest BCUT2D eigenvalue weighted by Crippen LogP contribution is -2.29. The van der Waals surface area contributed by atoms with Crippen LogP contribution in [0.3, 0.4) is 0 Å². The van der Waals surface area contributed by atoms with Gasteiger partial charge in [0.2, 0.25) is 0 Å². The summed E-state index contributed by atoms with van der Waals surface area (Å²) in [5.74, 6) is 0.348. The highest BCUT2D eigenvalue weighted by Crippen LogP contribution is 2.44. The molecule has 172 valence electrons. The van der Waals surface area contributed by atoms with Gasteiger partial charge in [-0.25, -0.2) is 4.39 Å². The van der Waals surface area contributed by atoms with Gasteiger partial charge >= 0.3 is 0 Å². The summed E-state index contributed by atoms with van der Waals surface area (Å²) in [5.41, 5.74) is 4.84. The Morgan fingerprint density at radius 3 is 2.59 bits per heavy atom. The molecule has 0 fully saturated rings. The van der Waals surface area contributed by atoms with Crippen molar-refractivity contribution in [3.05, 3.63) is 107 Å². The zero-order chi connectivity index (χ0) is 23.5. The van der Waals surface area contributed by atoms with Gasteiger partial charge in [0.15, 0.2) is 0 Å². The second kappa shape index (κ2) is 9.51. The Balaban J connectivity index is 1.58. The summed E-state index contributed by atoms with van der Waals surface area (Å²) in [7, 11) is 0. The first-order chi connectivity index (χ1) is 16.7. The van der Waals surface area contributed by atoms with Gasteiger partial charge in [-0.3, -0.25) is 9.89 Å². The molecule has 0 bridgehead atoms. The minimum Gasteiger partial charge on any atom is -0.494 e. The highest BCUT2D eigenvalue weighted by Gasteiger charge is 2.42. The average molecular weight is 456 g/mol. The van der Waals surface area contributed by atoms with Gasteiger partial charge in [-0.1, -0.05) is 67.9 Å². The number of H-pyrrole nitrogens is 1. The molecule has 1 aliphatic heterocycles. The van der Waals surface area contributed by atoms with Crippen molar-refractivity contribution in [2.45, 2.75) is 32.4 Å². The Labute approximate surface area is 198 Å². The Morgan fingerprint density at radius 1 is 1.03 bits per heavy atom. The number of fused-ring (bicyclic) bond motifs is 1. The molecule has 1 unspecified atom stereocenters. The summed E-state index contributed by atoms with van der Waals surface area (Å²) in [6.45, 7) is 3.12. The van der Waals surface area contributed by atoms with Crippen LogP contribution in [0.15, 0.2) is 78.9 Å². The third kappa shape index (κ3) is 4.19.